The van der Waals surface area contributed by atoms with Crippen LogP contribution in [0.3, 0.4) is 0 Å². The van der Waals surface area contributed by atoms with Gasteiger partial charge in [-0.25, -0.2) is 0 Å². The summed E-state index contributed by atoms with van der Waals surface area (Å²) < 4.78 is 0. The first kappa shape index (κ1) is 14.3. The highest BCUT2D eigenvalue weighted by atomic mass is 14.5. The van der Waals surface area contributed by atoms with Crippen molar-refractivity contribution < 1.29 is 0 Å². The lowest BCUT2D eigenvalue weighted by Crippen LogP contribution is -2.28. The monoisotopic (exact) mass is 298 g/mol. The Balaban J connectivity index is 2.09. The number of hydrogen-bond donors (Lipinski definition) is 0. The van der Waals surface area contributed by atoms with Crippen molar-refractivity contribution in [3.05, 3.63) is 95.6 Å². The van der Waals surface area contributed by atoms with Crippen molar-refractivity contribution in [2.75, 3.05) is 0 Å². The van der Waals surface area contributed by atoms with Crippen LogP contribution < -0.4 is 0 Å². The van der Waals surface area contributed by atoms with Crippen LogP contribution in [-0.4, -0.2) is 0 Å². The first-order chi connectivity index (χ1) is 11.2. The Morgan fingerprint density at radius 3 is 1.65 bits per heavy atom. The summed E-state index contributed by atoms with van der Waals surface area (Å²) in [7, 11) is 0. The predicted octanol–water partition coefficient (Wildman–Crippen LogP) is 6.05. The summed E-state index contributed by atoms with van der Waals surface area (Å²) in [6.45, 7) is 4.66. The molecule has 0 saturated heterocycles. The molecule has 1 aliphatic rings. The van der Waals surface area contributed by atoms with Gasteiger partial charge < -0.3 is 0 Å². The van der Waals surface area contributed by atoms with Crippen LogP contribution in [0.5, 0.6) is 0 Å². The number of benzene rings is 3. The van der Waals surface area contributed by atoms with Crippen LogP contribution in [0.15, 0.2) is 78.9 Å². The lowest BCUT2D eigenvalue weighted by atomic mass is 9.68. The van der Waals surface area contributed by atoms with E-state index in [1.54, 1.807) is 0 Å². The highest BCUT2D eigenvalue weighted by Gasteiger charge is 2.44. The highest BCUT2D eigenvalue weighted by molar-refractivity contribution is 5.83. The Labute approximate surface area is 138 Å². The molecule has 0 aromatic heterocycles. The quantitative estimate of drug-likeness (QED) is 0.552. The minimum absolute atomic E-state index is 0.0252. The molecule has 0 radical (unpaired) electrons. The standard InChI is InChI=1S/C23H22/c1-17(2)16-23(18-10-4-3-5-11-18)21-14-8-6-12-19(21)20-13-7-9-15-22(20)23/h3-15,17H,16H2,1-2H3. The third kappa shape index (κ3) is 2.05. The normalized spacial score (nSPS) is 14.6. The van der Waals surface area contributed by atoms with Gasteiger partial charge in [0, 0.05) is 5.41 Å². The first-order valence-electron chi connectivity index (χ1n) is 8.48. The summed E-state index contributed by atoms with van der Waals surface area (Å²) in [4.78, 5) is 0. The van der Waals surface area contributed by atoms with Crippen LogP contribution in [0.4, 0.5) is 0 Å². The molecule has 4 rings (SSSR count). The van der Waals surface area contributed by atoms with Crippen molar-refractivity contribution >= 4 is 0 Å². The average Bonchev–Trinajstić information content (AvgIpc) is 2.87. The molecule has 0 heterocycles. The van der Waals surface area contributed by atoms with E-state index in [-0.39, 0.29) is 5.41 Å². The van der Waals surface area contributed by atoms with Crippen molar-refractivity contribution in [1.29, 1.82) is 0 Å². The first-order valence-corrected chi connectivity index (χ1v) is 8.48. The van der Waals surface area contributed by atoms with Crippen LogP contribution in [0.1, 0.15) is 37.0 Å². The van der Waals surface area contributed by atoms with Gasteiger partial charge in [0.25, 0.3) is 0 Å². The zero-order valence-corrected chi connectivity index (χ0v) is 13.8. The van der Waals surface area contributed by atoms with E-state index in [9.17, 15) is 0 Å². The maximum Gasteiger partial charge on any atom is 0.0466 e. The van der Waals surface area contributed by atoms with Gasteiger partial charge in [-0.15, -0.1) is 0 Å². The van der Waals surface area contributed by atoms with Crippen molar-refractivity contribution in [1.82, 2.24) is 0 Å². The van der Waals surface area contributed by atoms with Crippen molar-refractivity contribution in [2.24, 2.45) is 5.92 Å². The molecule has 0 spiro atoms. The fourth-order valence-electron chi connectivity index (χ4n) is 4.31. The number of fused-ring (bicyclic) bond motifs is 3. The van der Waals surface area contributed by atoms with Crippen molar-refractivity contribution in [2.45, 2.75) is 25.7 Å². The minimum atomic E-state index is -0.0252. The smallest absolute Gasteiger partial charge is 0.0466 e. The Bertz CT molecular complexity index is 782. The van der Waals surface area contributed by atoms with E-state index in [1.165, 1.54) is 27.8 Å². The van der Waals surface area contributed by atoms with Crippen LogP contribution in [0.25, 0.3) is 11.1 Å². The maximum absolute atomic E-state index is 2.33. The lowest BCUT2D eigenvalue weighted by Gasteiger charge is -2.34. The SMILES string of the molecule is CC(C)CC1(c2ccccc2)c2ccccc2-c2ccccc21. The second-order valence-corrected chi connectivity index (χ2v) is 6.96. The summed E-state index contributed by atoms with van der Waals surface area (Å²) in [6, 6.07) is 28.9. The minimum Gasteiger partial charge on any atom is -0.0627 e. The molecule has 0 amide bonds. The Morgan fingerprint density at radius 2 is 1.13 bits per heavy atom. The Kier molecular flexibility index (Phi) is 3.34. The molecular formula is C23H22. The van der Waals surface area contributed by atoms with Crippen LogP contribution in [-0.2, 0) is 5.41 Å². The van der Waals surface area contributed by atoms with Crippen LogP contribution in [0, 0.1) is 5.92 Å². The second-order valence-electron chi connectivity index (χ2n) is 6.96. The van der Waals surface area contributed by atoms with Gasteiger partial charge in [-0.3, -0.25) is 0 Å². The molecule has 0 atom stereocenters. The Hall–Kier alpha value is -2.34. The molecule has 0 unspecified atom stereocenters. The molecule has 1 aliphatic carbocycles. The second kappa shape index (κ2) is 5.38. The Morgan fingerprint density at radius 1 is 0.652 bits per heavy atom. The van der Waals surface area contributed by atoms with E-state index in [2.05, 4.69) is 92.7 Å². The fraction of sp³-hybridized carbons (Fsp3) is 0.217. The summed E-state index contributed by atoms with van der Waals surface area (Å²) in [5, 5.41) is 0. The van der Waals surface area contributed by atoms with Crippen molar-refractivity contribution in [3.8, 4) is 11.1 Å². The van der Waals surface area contributed by atoms with Crippen LogP contribution in [0.2, 0.25) is 0 Å². The summed E-state index contributed by atoms with van der Waals surface area (Å²) in [6.07, 6.45) is 1.13. The van der Waals surface area contributed by atoms with E-state index in [0.29, 0.717) is 5.92 Å². The molecule has 0 N–H and O–H groups in total. The predicted molar refractivity (Wildman–Crippen MR) is 97.7 cm³/mol. The lowest BCUT2D eigenvalue weighted by molar-refractivity contribution is 0.461. The molecule has 0 aliphatic heterocycles. The van der Waals surface area contributed by atoms with Gasteiger partial charge in [0.05, 0.1) is 0 Å². The van der Waals surface area contributed by atoms with E-state index in [0.717, 1.165) is 6.42 Å². The molecule has 0 saturated carbocycles. The van der Waals surface area contributed by atoms with E-state index in [4.69, 9.17) is 0 Å². The number of hydrogen-bond acceptors (Lipinski definition) is 0. The van der Waals surface area contributed by atoms with Gasteiger partial charge in [-0.2, -0.15) is 0 Å². The van der Waals surface area contributed by atoms with E-state index in [1.807, 2.05) is 0 Å². The molecule has 3 aromatic rings. The highest BCUT2D eigenvalue weighted by Crippen LogP contribution is 2.55. The van der Waals surface area contributed by atoms with Gasteiger partial charge >= 0.3 is 0 Å². The van der Waals surface area contributed by atoms with Crippen molar-refractivity contribution in [3.63, 3.8) is 0 Å². The third-order valence-corrected chi connectivity index (χ3v) is 5.04. The summed E-state index contributed by atoms with van der Waals surface area (Å²) >= 11 is 0. The molecular weight excluding hydrogens is 276 g/mol. The summed E-state index contributed by atoms with van der Waals surface area (Å²) in [5.41, 5.74) is 7.09. The van der Waals surface area contributed by atoms with Gasteiger partial charge in [0.1, 0.15) is 0 Å². The van der Waals surface area contributed by atoms with Gasteiger partial charge in [-0.1, -0.05) is 92.7 Å². The van der Waals surface area contributed by atoms with E-state index < -0.39 is 0 Å². The number of rotatable bonds is 3. The topological polar surface area (TPSA) is 0 Å². The average molecular weight is 298 g/mol. The molecule has 0 bridgehead atoms. The fourth-order valence-corrected chi connectivity index (χ4v) is 4.31. The molecule has 114 valence electrons. The molecule has 23 heavy (non-hydrogen) atoms. The maximum atomic E-state index is 2.33. The van der Waals surface area contributed by atoms with Gasteiger partial charge in [-0.05, 0) is 40.2 Å². The zero-order chi connectivity index (χ0) is 15.9. The van der Waals surface area contributed by atoms with Gasteiger partial charge in [0.15, 0.2) is 0 Å². The van der Waals surface area contributed by atoms with Gasteiger partial charge in [0.2, 0.25) is 0 Å². The largest absolute Gasteiger partial charge is 0.0627 e. The molecule has 3 aromatic carbocycles. The van der Waals surface area contributed by atoms with Crippen LogP contribution >= 0.6 is 0 Å². The molecule has 0 fully saturated rings. The third-order valence-electron chi connectivity index (χ3n) is 5.04. The summed E-state index contributed by atoms with van der Waals surface area (Å²) in [5.74, 6) is 0.620. The molecule has 0 nitrogen and oxygen atoms in total. The zero-order valence-electron chi connectivity index (χ0n) is 13.8. The molecule has 0 heteroatoms. The van der Waals surface area contributed by atoms with E-state index >= 15 is 0 Å².